The third kappa shape index (κ3) is 1.86. The molecule has 0 bridgehead atoms. The molecule has 0 saturated carbocycles. The average Bonchev–Trinajstić information content (AvgIpc) is 2.47. The van der Waals surface area contributed by atoms with Crippen LogP contribution in [-0.4, -0.2) is 4.98 Å². The van der Waals surface area contributed by atoms with Gasteiger partial charge in [-0.05, 0) is 47.1 Å². The molecule has 4 heteroatoms. The molecule has 0 N–H and O–H groups in total. The van der Waals surface area contributed by atoms with Crippen LogP contribution in [0.3, 0.4) is 0 Å². The highest BCUT2D eigenvalue weighted by Gasteiger charge is 2.08. The van der Waals surface area contributed by atoms with Crippen molar-refractivity contribution in [2.24, 2.45) is 0 Å². The van der Waals surface area contributed by atoms with Crippen molar-refractivity contribution in [2.75, 3.05) is 0 Å². The van der Waals surface area contributed by atoms with E-state index in [1.807, 2.05) is 6.92 Å². The second kappa shape index (κ2) is 3.79. The molecule has 0 unspecified atom stereocenters. The molecule has 0 spiro atoms. The van der Waals surface area contributed by atoms with Crippen molar-refractivity contribution in [3.8, 4) is 11.3 Å². The number of hydrogen-bond acceptors (Lipinski definition) is 2. The molecule has 14 heavy (non-hydrogen) atoms. The van der Waals surface area contributed by atoms with Gasteiger partial charge in [0.25, 0.3) is 0 Å². The molecule has 2 rings (SSSR count). The number of hydrogen-bond donors (Lipinski definition) is 0. The summed E-state index contributed by atoms with van der Waals surface area (Å²) in [5.41, 5.74) is 1.81. The molecule has 0 saturated heterocycles. The predicted octanol–water partition coefficient (Wildman–Crippen LogP) is 4.02. The van der Waals surface area contributed by atoms with Gasteiger partial charge in [0.15, 0.2) is 0 Å². The summed E-state index contributed by atoms with van der Waals surface area (Å²) in [7, 11) is 0. The molecule has 1 aromatic carbocycles. The molecule has 0 aliphatic heterocycles. The van der Waals surface area contributed by atoms with E-state index in [4.69, 9.17) is 0 Å². The second-order valence-electron chi connectivity index (χ2n) is 2.86. The smallest absolute Gasteiger partial charge is 0.123 e. The van der Waals surface area contributed by atoms with E-state index in [9.17, 15) is 4.39 Å². The number of thiazole rings is 1. The summed E-state index contributed by atoms with van der Waals surface area (Å²) in [5, 5.41) is 0.996. The fourth-order valence-corrected chi connectivity index (χ4v) is 2.86. The molecule has 0 aliphatic rings. The molecule has 72 valence electrons. The van der Waals surface area contributed by atoms with E-state index in [1.165, 1.54) is 12.1 Å². The van der Waals surface area contributed by atoms with Crippen LogP contribution in [-0.2, 0) is 0 Å². The summed E-state index contributed by atoms with van der Waals surface area (Å²) < 4.78 is 13.7. The summed E-state index contributed by atoms with van der Waals surface area (Å²) in [4.78, 5) is 4.36. The van der Waals surface area contributed by atoms with Crippen molar-refractivity contribution in [2.45, 2.75) is 6.92 Å². The molecule has 1 aromatic heterocycles. The fraction of sp³-hybridized carbons (Fsp3) is 0.100. The highest BCUT2D eigenvalue weighted by molar-refractivity contribution is 9.11. The third-order valence-electron chi connectivity index (χ3n) is 1.81. The minimum absolute atomic E-state index is 0.225. The minimum atomic E-state index is -0.225. The van der Waals surface area contributed by atoms with Crippen LogP contribution in [0.15, 0.2) is 28.1 Å². The number of aromatic nitrogens is 1. The predicted molar refractivity (Wildman–Crippen MR) is 59.9 cm³/mol. The van der Waals surface area contributed by atoms with Gasteiger partial charge in [-0.3, -0.25) is 0 Å². The van der Waals surface area contributed by atoms with Gasteiger partial charge in [-0.25, -0.2) is 9.37 Å². The molecular formula is C10H7BrFNS. The summed E-state index contributed by atoms with van der Waals surface area (Å²) in [6.45, 7) is 1.95. The van der Waals surface area contributed by atoms with Crippen molar-refractivity contribution in [3.05, 3.63) is 38.9 Å². The quantitative estimate of drug-likeness (QED) is 0.764. The average molecular weight is 272 g/mol. The van der Waals surface area contributed by atoms with E-state index >= 15 is 0 Å². The lowest BCUT2D eigenvalue weighted by Crippen LogP contribution is -1.80. The Morgan fingerprint density at radius 2 is 1.93 bits per heavy atom. The van der Waals surface area contributed by atoms with Crippen molar-refractivity contribution >= 4 is 27.3 Å². The maximum absolute atomic E-state index is 12.7. The van der Waals surface area contributed by atoms with Gasteiger partial charge < -0.3 is 0 Å². The van der Waals surface area contributed by atoms with Crippen LogP contribution >= 0.6 is 27.3 Å². The van der Waals surface area contributed by atoms with Gasteiger partial charge in [0, 0.05) is 5.56 Å². The van der Waals surface area contributed by atoms with E-state index in [1.54, 1.807) is 23.5 Å². The Balaban J connectivity index is 2.49. The summed E-state index contributed by atoms with van der Waals surface area (Å²) >= 11 is 5.01. The van der Waals surface area contributed by atoms with E-state index in [0.29, 0.717) is 0 Å². The van der Waals surface area contributed by atoms with Gasteiger partial charge in [0.05, 0.1) is 14.5 Å². The van der Waals surface area contributed by atoms with Gasteiger partial charge in [0.1, 0.15) is 5.82 Å². The molecule has 0 fully saturated rings. The van der Waals surface area contributed by atoms with Crippen molar-refractivity contribution in [1.82, 2.24) is 4.98 Å². The zero-order valence-corrected chi connectivity index (χ0v) is 9.82. The van der Waals surface area contributed by atoms with E-state index in [-0.39, 0.29) is 5.82 Å². The van der Waals surface area contributed by atoms with Crippen LogP contribution in [0.1, 0.15) is 5.01 Å². The van der Waals surface area contributed by atoms with E-state index < -0.39 is 0 Å². The largest absolute Gasteiger partial charge is 0.240 e. The standard InChI is InChI=1S/C10H7BrFNS/c1-6-13-9(10(11)14-6)7-2-4-8(12)5-3-7/h2-5H,1H3. The number of aryl methyl sites for hydroxylation is 1. The zero-order chi connectivity index (χ0) is 10.1. The Morgan fingerprint density at radius 1 is 1.29 bits per heavy atom. The van der Waals surface area contributed by atoms with Gasteiger partial charge >= 0.3 is 0 Å². The van der Waals surface area contributed by atoms with Gasteiger partial charge in [0.2, 0.25) is 0 Å². The van der Waals surface area contributed by atoms with Gasteiger partial charge in [-0.1, -0.05) is 0 Å². The number of rotatable bonds is 1. The first-order valence-electron chi connectivity index (χ1n) is 4.05. The zero-order valence-electron chi connectivity index (χ0n) is 7.42. The lowest BCUT2D eigenvalue weighted by atomic mass is 10.2. The SMILES string of the molecule is Cc1nc(-c2ccc(F)cc2)c(Br)s1. The van der Waals surface area contributed by atoms with Crippen LogP contribution in [0, 0.1) is 12.7 Å². The number of benzene rings is 1. The van der Waals surface area contributed by atoms with Crippen LogP contribution in [0.5, 0.6) is 0 Å². The maximum atomic E-state index is 12.7. The Morgan fingerprint density at radius 3 is 2.43 bits per heavy atom. The number of halogens is 2. The molecule has 0 amide bonds. The topological polar surface area (TPSA) is 12.9 Å². The molecule has 1 heterocycles. The molecule has 2 aromatic rings. The maximum Gasteiger partial charge on any atom is 0.123 e. The van der Waals surface area contributed by atoms with E-state index in [0.717, 1.165) is 20.1 Å². The normalized spacial score (nSPS) is 10.5. The van der Waals surface area contributed by atoms with Gasteiger partial charge in [-0.15, -0.1) is 11.3 Å². The van der Waals surface area contributed by atoms with Crippen molar-refractivity contribution < 1.29 is 4.39 Å². The van der Waals surface area contributed by atoms with Crippen LogP contribution in [0.25, 0.3) is 11.3 Å². The summed E-state index contributed by atoms with van der Waals surface area (Å²) in [6.07, 6.45) is 0. The minimum Gasteiger partial charge on any atom is -0.240 e. The molecule has 0 aliphatic carbocycles. The van der Waals surface area contributed by atoms with E-state index in [2.05, 4.69) is 20.9 Å². The van der Waals surface area contributed by atoms with Crippen LogP contribution < -0.4 is 0 Å². The fourth-order valence-electron chi connectivity index (χ4n) is 1.19. The lowest BCUT2D eigenvalue weighted by Gasteiger charge is -1.96. The van der Waals surface area contributed by atoms with Crippen molar-refractivity contribution in [1.29, 1.82) is 0 Å². The first-order chi connectivity index (χ1) is 6.66. The molecule has 1 nitrogen and oxygen atoms in total. The first kappa shape index (κ1) is 9.80. The Labute approximate surface area is 93.7 Å². The Hall–Kier alpha value is -0.740. The second-order valence-corrected chi connectivity index (χ2v) is 5.38. The Bertz CT molecular complexity index is 450. The monoisotopic (exact) mass is 271 g/mol. The Kier molecular flexibility index (Phi) is 2.65. The third-order valence-corrected chi connectivity index (χ3v) is 3.43. The van der Waals surface area contributed by atoms with Crippen LogP contribution in [0.4, 0.5) is 4.39 Å². The number of nitrogens with zero attached hydrogens (tertiary/aromatic N) is 1. The van der Waals surface area contributed by atoms with Crippen molar-refractivity contribution in [3.63, 3.8) is 0 Å². The lowest BCUT2D eigenvalue weighted by molar-refractivity contribution is 0.628. The van der Waals surface area contributed by atoms with Crippen LogP contribution in [0.2, 0.25) is 0 Å². The molecular weight excluding hydrogens is 265 g/mol. The molecule has 0 atom stereocenters. The molecule has 0 radical (unpaired) electrons. The first-order valence-corrected chi connectivity index (χ1v) is 5.66. The summed E-state index contributed by atoms with van der Waals surface area (Å²) in [5.74, 6) is -0.225. The highest BCUT2D eigenvalue weighted by atomic mass is 79.9. The van der Waals surface area contributed by atoms with Gasteiger partial charge in [-0.2, -0.15) is 0 Å². The highest BCUT2D eigenvalue weighted by Crippen LogP contribution is 2.32. The summed E-state index contributed by atoms with van der Waals surface area (Å²) in [6, 6.07) is 6.34.